The second kappa shape index (κ2) is 7.99. The van der Waals surface area contributed by atoms with Crippen molar-refractivity contribution in [1.82, 2.24) is 25.7 Å². The van der Waals surface area contributed by atoms with Gasteiger partial charge in [-0.2, -0.15) is 0 Å². The first-order valence-corrected chi connectivity index (χ1v) is 11.3. The van der Waals surface area contributed by atoms with Gasteiger partial charge in [0.05, 0.1) is 11.9 Å². The van der Waals surface area contributed by atoms with E-state index in [1.807, 2.05) is 0 Å². The average molecular weight is 409 g/mol. The molecule has 2 fully saturated rings. The molecule has 2 aliphatic rings. The Balaban J connectivity index is 1.53. The summed E-state index contributed by atoms with van der Waals surface area (Å²) < 4.78 is 0. The minimum Gasteiger partial charge on any atom is -0.367 e. The summed E-state index contributed by atoms with van der Waals surface area (Å²) in [4.78, 5) is 13.1. The van der Waals surface area contributed by atoms with Crippen LogP contribution in [0.15, 0.2) is 35.7 Å². The second-order valence-corrected chi connectivity index (χ2v) is 9.33. The Morgan fingerprint density at radius 1 is 1.17 bits per heavy atom. The topological polar surface area (TPSA) is 65.1 Å². The number of thiophene rings is 1. The Kier molecular flexibility index (Phi) is 5.22. The van der Waals surface area contributed by atoms with Crippen molar-refractivity contribution in [2.24, 2.45) is 5.92 Å². The summed E-state index contributed by atoms with van der Waals surface area (Å²) in [5.41, 5.74) is 9.20. The maximum atomic E-state index is 4.99. The van der Waals surface area contributed by atoms with Crippen molar-refractivity contribution in [3.05, 3.63) is 41.5 Å². The van der Waals surface area contributed by atoms with E-state index in [4.69, 9.17) is 9.97 Å². The molecule has 1 aromatic carbocycles. The lowest BCUT2D eigenvalue weighted by molar-refractivity contribution is 0.314. The number of nitrogens with one attached hydrogen (secondary N) is 3. The van der Waals surface area contributed by atoms with Crippen molar-refractivity contribution >= 4 is 27.4 Å². The third kappa shape index (κ3) is 3.88. The van der Waals surface area contributed by atoms with Crippen LogP contribution in [0.4, 0.5) is 5.82 Å². The van der Waals surface area contributed by atoms with E-state index in [0.29, 0.717) is 18.0 Å². The van der Waals surface area contributed by atoms with Gasteiger partial charge >= 0.3 is 0 Å². The summed E-state index contributed by atoms with van der Waals surface area (Å²) in [6, 6.07) is 11.6. The lowest BCUT2D eigenvalue weighted by atomic mass is 9.83. The van der Waals surface area contributed by atoms with Gasteiger partial charge in [-0.1, -0.05) is 30.3 Å². The van der Waals surface area contributed by atoms with E-state index in [1.54, 1.807) is 11.3 Å². The lowest BCUT2D eigenvalue weighted by Gasteiger charge is -2.31. The van der Waals surface area contributed by atoms with Gasteiger partial charge in [0, 0.05) is 29.6 Å². The van der Waals surface area contributed by atoms with Crippen LogP contribution in [-0.2, 0) is 6.54 Å². The SMILES string of the molecule is CN(C)Cc1nc(NC2CCC3NNCC3C2)c2c(-c3ccccc3)csc2n1. The molecule has 152 valence electrons. The Morgan fingerprint density at radius 3 is 2.86 bits per heavy atom. The fourth-order valence-electron chi connectivity index (χ4n) is 4.60. The Bertz CT molecular complexity index is 986. The number of hydrogen-bond acceptors (Lipinski definition) is 7. The second-order valence-electron chi connectivity index (χ2n) is 8.47. The van der Waals surface area contributed by atoms with Crippen molar-refractivity contribution in [2.75, 3.05) is 26.0 Å². The van der Waals surface area contributed by atoms with Crippen LogP contribution in [0.25, 0.3) is 21.3 Å². The fraction of sp³-hybridized carbons (Fsp3) is 0.455. The molecule has 1 saturated carbocycles. The quantitative estimate of drug-likeness (QED) is 0.601. The molecule has 29 heavy (non-hydrogen) atoms. The van der Waals surface area contributed by atoms with Crippen LogP contribution in [0.1, 0.15) is 25.1 Å². The van der Waals surface area contributed by atoms with Gasteiger partial charge in [-0.3, -0.25) is 10.9 Å². The van der Waals surface area contributed by atoms with E-state index in [0.717, 1.165) is 41.4 Å². The van der Waals surface area contributed by atoms with Crippen LogP contribution in [0.2, 0.25) is 0 Å². The molecular weight excluding hydrogens is 380 g/mol. The zero-order valence-electron chi connectivity index (χ0n) is 17.0. The minimum atomic E-state index is 0.451. The standard InChI is InChI=1S/C22H28N6S/c1-28(2)12-19-25-21(24-16-8-9-18-15(10-16)11-23-27-18)20-17(13-29-22(20)26-19)14-6-4-3-5-7-14/h3-7,13,15-16,18,23,27H,8-12H2,1-2H3,(H,24,25,26). The van der Waals surface area contributed by atoms with Gasteiger partial charge in [0.25, 0.3) is 0 Å². The van der Waals surface area contributed by atoms with Crippen molar-refractivity contribution in [3.8, 4) is 11.1 Å². The molecule has 0 radical (unpaired) electrons. The molecule has 1 aliphatic heterocycles. The first-order chi connectivity index (χ1) is 14.2. The predicted octanol–water partition coefficient (Wildman–Crippen LogP) is 3.48. The van der Waals surface area contributed by atoms with Crippen LogP contribution in [0, 0.1) is 5.92 Å². The Labute approximate surface area is 175 Å². The molecule has 3 atom stereocenters. The molecule has 3 heterocycles. The number of rotatable bonds is 5. The summed E-state index contributed by atoms with van der Waals surface area (Å²) in [5.74, 6) is 2.56. The van der Waals surface area contributed by atoms with Gasteiger partial charge in [0.2, 0.25) is 0 Å². The minimum absolute atomic E-state index is 0.451. The summed E-state index contributed by atoms with van der Waals surface area (Å²) in [5, 5.41) is 7.21. The maximum absolute atomic E-state index is 4.99. The van der Waals surface area contributed by atoms with E-state index >= 15 is 0 Å². The summed E-state index contributed by atoms with van der Waals surface area (Å²) in [6.07, 6.45) is 3.53. The highest BCUT2D eigenvalue weighted by molar-refractivity contribution is 7.17. The summed E-state index contributed by atoms with van der Waals surface area (Å²) >= 11 is 1.71. The van der Waals surface area contributed by atoms with Gasteiger partial charge in [0.1, 0.15) is 16.5 Å². The first-order valence-electron chi connectivity index (χ1n) is 10.4. The molecule has 2 aromatic heterocycles. The van der Waals surface area contributed by atoms with Gasteiger partial charge in [0.15, 0.2) is 0 Å². The fourth-order valence-corrected chi connectivity index (χ4v) is 5.57. The molecule has 5 rings (SSSR count). The van der Waals surface area contributed by atoms with Gasteiger partial charge in [-0.05, 0) is 44.8 Å². The molecule has 6 nitrogen and oxygen atoms in total. The highest BCUT2D eigenvalue weighted by Crippen LogP contribution is 2.38. The molecular formula is C22H28N6S. The normalized spacial score (nSPS) is 24.2. The average Bonchev–Trinajstić information content (AvgIpc) is 3.34. The highest BCUT2D eigenvalue weighted by atomic mass is 32.1. The third-order valence-electron chi connectivity index (χ3n) is 6.00. The number of fused-ring (bicyclic) bond motifs is 2. The number of anilines is 1. The number of hydrazine groups is 1. The summed E-state index contributed by atoms with van der Waals surface area (Å²) in [6.45, 7) is 1.80. The lowest BCUT2D eigenvalue weighted by Crippen LogP contribution is -2.39. The summed E-state index contributed by atoms with van der Waals surface area (Å²) in [7, 11) is 4.12. The van der Waals surface area contributed by atoms with E-state index < -0.39 is 0 Å². The monoisotopic (exact) mass is 408 g/mol. The zero-order valence-corrected chi connectivity index (χ0v) is 17.8. The molecule has 1 aliphatic carbocycles. The molecule has 7 heteroatoms. The van der Waals surface area contributed by atoms with E-state index in [1.165, 1.54) is 24.0 Å². The molecule has 0 spiro atoms. The van der Waals surface area contributed by atoms with Crippen LogP contribution < -0.4 is 16.2 Å². The Morgan fingerprint density at radius 2 is 2.03 bits per heavy atom. The number of nitrogens with zero attached hydrogens (tertiary/aromatic N) is 3. The molecule has 3 N–H and O–H groups in total. The molecule has 0 amide bonds. The van der Waals surface area contributed by atoms with Crippen LogP contribution in [-0.4, -0.2) is 47.6 Å². The van der Waals surface area contributed by atoms with Gasteiger partial charge < -0.3 is 10.2 Å². The predicted molar refractivity (Wildman–Crippen MR) is 120 cm³/mol. The molecule has 1 saturated heterocycles. The van der Waals surface area contributed by atoms with E-state index in [-0.39, 0.29) is 0 Å². The van der Waals surface area contributed by atoms with Crippen molar-refractivity contribution in [3.63, 3.8) is 0 Å². The van der Waals surface area contributed by atoms with E-state index in [2.05, 4.69) is 70.9 Å². The first kappa shape index (κ1) is 18.9. The van der Waals surface area contributed by atoms with Crippen molar-refractivity contribution in [2.45, 2.75) is 37.9 Å². The molecule has 3 unspecified atom stereocenters. The highest BCUT2D eigenvalue weighted by Gasteiger charge is 2.34. The van der Waals surface area contributed by atoms with Crippen LogP contribution in [0.5, 0.6) is 0 Å². The molecule has 3 aromatic rings. The third-order valence-corrected chi connectivity index (χ3v) is 6.87. The van der Waals surface area contributed by atoms with E-state index in [9.17, 15) is 0 Å². The largest absolute Gasteiger partial charge is 0.367 e. The maximum Gasteiger partial charge on any atom is 0.146 e. The zero-order chi connectivity index (χ0) is 19.8. The van der Waals surface area contributed by atoms with Crippen molar-refractivity contribution < 1.29 is 0 Å². The molecule has 0 bridgehead atoms. The Hall–Kier alpha value is -2.06. The van der Waals surface area contributed by atoms with Gasteiger partial charge in [-0.15, -0.1) is 11.3 Å². The van der Waals surface area contributed by atoms with Crippen molar-refractivity contribution in [1.29, 1.82) is 0 Å². The van der Waals surface area contributed by atoms with Crippen LogP contribution >= 0.6 is 11.3 Å². The number of aromatic nitrogens is 2. The van der Waals surface area contributed by atoms with Gasteiger partial charge in [-0.25, -0.2) is 9.97 Å². The number of benzene rings is 1. The number of hydrogen-bond donors (Lipinski definition) is 3. The van der Waals surface area contributed by atoms with Crippen LogP contribution in [0.3, 0.4) is 0 Å². The smallest absolute Gasteiger partial charge is 0.146 e.